The number of allylic oxidation sites excluding steroid dienone is 2. The Bertz CT molecular complexity index is 173. The van der Waals surface area contributed by atoms with E-state index in [4.69, 9.17) is 4.84 Å². The average Bonchev–Trinajstić information content (AvgIpc) is 1.84. The summed E-state index contributed by atoms with van der Waals surface area (Å²) >= 11 is 0. The first-order valence-electron chi connectivity index (χ1n) is 4.08. The molecule has 3 heteroatoms. The van der Waals surface area contributed by atoms with Gasteiger partial charge in [0.15, 0.2) is 5.78 Å². The predicted octanol–water partition coefficient (Wildman–Crippen LogP) is 1.66. The molecular weight excluding hydrogens is 154 g/mol. The molecule has 0 rings (SSSR count). The Morgan fingerprint density at radius 3 is 2.50 bits per heavy atom. The van der Waals surface area contributed by atoms with Crippen molar-refractivity contribution in [2.45, 2.75) is 27.7 Å². The van der Waals surface area contributed by atoms with Gasteiger partial charge in [-0.2, -0.15) is 0 Å². The molecule has 0 spiro atoms. The molecule has 3 nitrogen and oxygen atoms in total. The van der Waals surface area contributed by atoms with Gasteiger partial charge >= 0.3 is 0 Å². The summed E-state index contributed by atoms with van der Waals surface area (Å²) in [5, 5.41) is 0. The van der Waals surface area contributed by atoms with Crippen molar-refractivity contribution in [1.29, 1.82) is 0 Å². The summed E-state index contributed by atoms with van der Waals surface area (Å²) in [7, 11) is 0. The molecule has 0 atom stereocenters. The second-order valence-electron chi connectivity index (χ2n) is 3.19. The molecule has 0 saturated carbocycles. The van der Waals surface area contributed by atoms with Crippen LogP contribution in [0.3, 0.4) is 0 Å². The average molecular weight is 171 g/mol. The summed E-state index contributed by atoms with van der Waals surface area (Å²) in [4.78, 5) is 15.4. The standard InChI is InChI=1S/C9H17NO2/c1-7(2)5-8(3)10-12-6-9(4)11/h5,7,10H,6H2,1-4H3/b8-5+. The molecule has 12 heavy (non-hydrogen) atoms. The minimum atomic E-state index is 0.0137. The molecule has 0 aliphatic carbocycles. The molecule has 70 valence electrons. The summed E-state index contributed by atoms with van der Waals surface area (Å²) in [6.45, 7) is 7.67. The summed E-state index contributed by atoms with van der Waals surface area (Å²) in [6.07, 6.45) is 2.03. The number of carbonyl (C=O) groups excluding carboxylic acids is 1. The van der Waals surface area contributed by atoms with Crippen LogP contribution in [0, 0.1) is 5.92 Å². The lowest BCUT2D eigenvalue weighted by Gasteiger charge is -2.06. The lowest BCUT2D eigenvalue weighted by Crippen LogP contribution is -2.17. The van der Waals surface area contributed by atoms with Crippen LogP contribution in [0.25, 0.3) is 0 Å². The maximum absolute atomic E-state index is 10.5. The van der Waals surface area contributed by atoms with E-state index in [0.717, 1.165) is 5.70 Å². The fourth-order valence-corrected chi connectivity index (χ4v) is 0.786. The second-order valence-corrected chi connectivity index (χ2v) is 3.19. The maximum Gasteiger partial charge on any atom is 0.158 e. The summed E-state index contributed by atoms with van der Waals surface area (Å²) in [5.41, 5.74) is 3.62. The number of hydrogen-bond acceptors (Lipinski definition) is 3. The zero-order chi connectivity index (χ0) is 9.56. The van der Waals surface area contributed by atoms with Gasteiger partial charge in [-0.25, -0.2) is 0 Å². The predicted molar refractivity (Wildman–Crippen MR) is 48.4 cm³/mol. The van der Waals surface area contributed by atoms with E-state index >= 15 is 0 Å². The Morgan fingerprint density at radius 1 is 1.50 bits per heavy atom. The maximum atomic E-state index is 10.5. The van der Waals surface area contributed by atoms with E-state index in [1.807, 2.05) is 13.0 Å². The molecule has 0 saturated heterocycles. The van der Waals surface area contributed by atoms with Gasteiger partial charge in [-0.3, -0.25) is 15.1 Å². The molecule has 0 aliphatic heterocycles. The smallest absolute Gasteiger partial charge is 0.158 e. The molecule has 0 bridgehead atoms. The van der Waals surface area contributed by atoms with E-state index in [2.05, 4.69) is 19.3 Å². The van der Waals surface area contributed by atoms with Crippen LogP contribution in [0.15, 0.2) is 11.8 Å². The molecular formula is C9H17NO2. The third-order valence-corrected chi connectivity index (χ3v) is 1.09. The van der Waals surface area contributed by atoms with Crippen molar-refractivity contribution in [1.82, 2.24) is 5.48 Å². The van der Waals surface area contributed by atoms with E-state index in [1.165, 1.54) is 6.92 Å². The van der Waals surface area contributed by atoms with E-state index in [1.54, 1.807) is 0 Å². The number of hydrogen-bond donors (Lipinski definition) is 1. The van der Waals surface area contributed by atoms with E-state index in [9.17, 15) is 4.79 Å². The fraction of sp³-hybridized carbons (Fsp3) is 0.667. The Labute approximate surface area is 73.7 Å². The Balaban J connectivity index is 3.57. The van der Waals surface area contributed by atoms with Crippen LogP contribution < -0.4 is 5.48 Å². The molecule has 0 heterocycles. The quantitative estimate of drug-likeness (QED) is 0.639. The van der Waals surface area contributed by atoms with Crippen LogP contribution in [0.2, 0.25) is 0 Å². The largest absolute Gasteiger partial charge is 0.297 e. The molecule has 0 aromatic rings. The van der Waals surface area contributed by atoms with Gasteiger partial charge in [-0.15, -0.1) is 0 Å². The lowest BCUT2D eigenvalue weighted by atomic mass is 10.2. The zero-order valence-electron chi connectivity index (χ0n) is 8.18. The minimum Gasteiger partial charge on any atom is -0.297 e. The van der Waals surface area contributed by atoms with Gasteiger partial charge < -0.3 is 0 Å². The highest BCUT2D eigenvalue weighted by Crippen LogP contribution is 1.97. The van der Waals surface area contributed by atoms with Gasteiger partial charge in [0, 0.05) is 5.70 Å². The second kappa shape index (κ2) is 5.77. The number of rotatable bonds is 5. The molecule has 0 unspecified atom stereocenters. The van der Waals surface area contributed by atoms with Gasteiger partial charge in [-0.05, 0) is 19.8 Å². The molecule has 0 amide bonds. The van der Waals surface area contributed by atoms with Crippen LogP contribution in [-0.4, -0.2) is 12.4 Å². The van der Waals surface area contributed by atoms with Crippen molar-refractivity contribution in [3.8, 4) is 0 Å². The topological polar surface area (TPSA) is 38.3 Å². The number of Topliss-reactive ketones (excluding diaryl/α,β-unsaturated/α-hetero) is 1. The SMILES string of the molecule is CC(=O)CON/C(C)=C/C(C)C. The van der Waals surface area contributed by atoms with Gasteiger partial charge in [0.1, 0.15) is 6.61 Å². The monoisotopic (exact) mass is 171 g/mol. The highest BCUT2D eigenvalue weighted by molar-refractivity contribution is 5.76. The Kier molecular flexibility index (Phi) is 5.37. The van der Waals surface area contributed by atoms with Gasteiger partial charge in [0.2, 0.25) is 0 Å². The molecule has 0 aromatic carbocycles. The number of nitrogens with one attached hydrogen (secondary N) is 1. The summed E-state index contributed by atoms with van der Waals surface area (Å²) < 4.78 is 0. The normalized spacial score (nSPS) is 11.9. The summed E-state index contributed by atoms with van der Waals surface area (Å²) in [5.74, 6) is 0.498. The van der Waals surface area contributed by atoms with Crippen LogP contribution in [0.1, 0.15) is 27.7 Å². The van der Waals surface area contributed by atoms with Gasteiger partial charge in [-0.1, -0.05) is 19.9 Å². The molecule has 0 fully saturated rings. The van der Waals surface area contributed by atoms with Crippen LogP contribution in [0.5, 0.6) is 0 Å². The van der Waals surface area contributed by atoms with Crippen molar-refractivity contribution in [3.05, 3.63) is 11.8 Å². The summed E-state index contributed by atoms with van der Waals surface area (Å²) in [6, 6.07) is 0. The van der Waals surface area contributed by atoms with Crippen LogP contribution in [-0.2, 0) is 9.63 Å². The third kappa shape index (κ3) is 7.28. The molecule has 0 aromatic heterocycles. The van der Waals surface area contributed by atoms with Crippen LogP contribution >= 0.6 is 0 Å². The first-order chi connectivity index (χ1) is 5.52. The highest BCUT2D eigenvalue weighted by Gasteiger charge is 1.94. The fourth-order valence-electron chi connectivity index (χ4n) is 0.786. The Hall–Kier alpha value is -0.830. The molecule has 0 aliphatic rings. The third-order valence-electron chi connectivity index (χ3n) is 1.09. The van der Waals surface area contributed by atoms with Crippen molar-refractivity contribution in [2.75, 3.05) is 6.61 Å². The zero-order valence-corrected chi connectivity index (χ0v) is 8.18. The first kappa shape index (κ1) is 11.2. The minimum absolute atomic E-state index is 0.0137. The van der Waals surface area contributed by atoms with Crippen molar-refractivity contribution in [2.24, 2.45) is 5.92 Å². The van der Waals surface area contributed by atoms with Gasteiger partial charge in [0.25, 0.3) is 0 Å². The lowest BCUT2D eigenvalue weighted by molar-refractivity contribution is -0.123. The molecule has 0 radical (unpaired) electrons. The number of hydroxylamine groups is 1. The van der Waals surface area contributed by atoms with E-state index in [-0.39, 0.29) is 12.4 Å². The van der Waals surface area contributed by atoms with Crippen molar-refractivity contribution >= 4 is 5.78 Å². The highest BCUT2D eigenvalue weighted by atomic mass is 16.6. The first-order valence-corrected chi connectivity index (χ1v) is 4.08. The van der Waals surface area contributed by atoms with Crippen molar-refractivity contribution < 1.29 is 9.63 Å². The van der Waals surface area contributed by atoms with Crippen LogP contribution in [0.4, 0.5) is 0 Å². The van der Waals surface area contributed by atoms with E-state index in [0.29, 0.717) is 5.92 Å². The van der Waals surface area contributed by atoms with E-state index < -0.39 is 0 Å². The molecule has 1 N–H and O–H groups in total. The van der Waals surface area contributed by atoms with Gasteiger partial charge in [0.05, 0.1) is 0 Å². The number of ketones is 1. The Morgan fingerprint density at radius 2 is 2.08 bits per heavy atom. The van der Waals surface area contributed by atoms with Crippen molar-refractivity contribution in [3.63, 3.8) is 0 Å². The number of carbonyl (C=O) groups is 1.